The molecule has 2 aromatic rings. The fourth-order valence-electron chi connectivity index (χ4n) is 9.04. The lowest BCUT2D eigenvalue weighted by Crippen LogP contribution is -2.34. The SMILES string of the molecule is C=CC1=C(C=C)N(C)C(/C=C/C=C2/C(C)c3ccccc3N2CCCCC(=O)NCCCOC2/C=C/CCOC(=O)c3c(O)cc(O)cc3CC(=N/OCC(=O)N(CC)CCCC)/C=C/C2)C1C.CC.CO. The Morgan fingerprint density at radius 1 is 1.03 bits per heavy atom. The summed E-state index contributed by atoms with van der Waals surface area (Å²) in [4.78, 5) is 50.8. The van der Waals surface area contributed by atoms with Crippen LogP contribution < -0.4 is 10.2 Å². The molecular weight excluding hydrogens is 911 g/mol. The van der Waals surface area contributed by atoms with Crippen molar-refractivity contribution in [3.05, 3.63) is 138 Å². The number of carbonyl (C=O) groups excluding carboxylic acids is 3. The van der Waals surface area contributed by atoms with Gasteiger partial charge in [-0.1, -0.05) is 114 Å². The molecule has 2 aromatic carbocycles. The summed E-state index contributed by atoms with van der Waals surface area (Å²) in [5, 5.41) is 35.2. The number of likely N-dealkylation sites (N-methyl/N-ethyl adjacent to an activating group) is 2. The van der Waals surface area contributed by atoms with E-state index in [1.165, 1.54) is 28.6 Å². The molecule has 72 heavy (non-hydrogen) atoms. The van der Waals surface area contributed by atoms with Crippen molar-refractivity contribution in [1.82, 2.24) is 15.1 Å². The number of aromatic hydroxyl groups is 2. The highest BCUT2D eigenvalue weighted by Crippen LogP contribution is 2.43. The fraction of sp³-hybridized carbons (Fsp3) is 0.483. The molecule has 0 aliphatic carbocycles. The number of hydrogen-bond acceptors (Lipinski definition) is 12. The number of rotatable bonds is 21. The van der Waals surface area contributed by atoms with Crippen LogP contribution in [-0.2, 0) is 30.3 Å². The topological polar surface area (TPSA) is 174 Å². The van der Waals surface area contributed by atoms with Crippen molar-refractivity contribution >= 4 is 29.2 Å². The number of fused-ring (bicyclic) bond motifs is 2. The quantitative estimate of drug-likeness (QED) is 0.0406. The number of amides is 2. The lowest BCUT2D eigenvalue weighted by molar-refractivity contribution is -0.136. The van der Waals surface area contributed by atoms with Crippen molar-refractivity contribution in [3.8, 4) is 11.5 Å². The van der Waals surface area contributed by atoms with Gasteiger partial charge >= 0.3 is 5.97 Å². The fourth-order valence-corrected chi connectivity index (χ4v) is 9.04. The summed E-state index contributed by atoms with van der Waals surface area (Å²) in [5.74, 6) is -1.00. The first-order valence-electron chi connectivity index (χ1n) is 25.7. The monoisotopic (exact) mass is 994 g/mol. The molecule has 0 fully saturated rings. The third-order valence-corrected chi connectivity index (χ3v) is 12.8. The first kappa shape index (κ1) is 59.9. The molecule has 2 amide bonds. The van der Waals surface area contributed by atoms with Gasteiger partial charge in [-0.25, -0.2) is 4.79 Å². The minimum Gasteiger partial charge on any atom is -0.508 e. The number of anilines is 1. The predicted octanol–water partition coefficient (Wildman–Crippen LogP) is 10.1. The van der Waals surface area contributed by atoms with Crippen LogP contribution in [0.4, 0.5) is 5.69 Å². The predicted molar refractivity (Wildman–Crippen MR) is 290 cm³/mol. The summed E-state index contributed by atoms with van der Waals surface area (Å²) in [7, 11) is 3.11. The van der Waals surface area contributed by atoms with Gasteiger partial charge < -0.3 is 49.6 Å². The molecule has 3 aliphatic heterocycles. The van der Waals surface area contributed by atoms with E-state index in [0.29, 0.717) is 63.6 Å². The molecule has 4 unspecified atom stereocenters. The number of benzene rings is 2. The zero-order chi connectivity index (χ0) is 53.0. The maximum atomic E-state index is 13.1. The number of phenolic OH excluding ortho intramolecular Hbond substituents is 2. The Bertz CT molecular complexity index is 2240. The number of carbonyl (C=O) groups is 3. The number of hydrogen-bond donors (Lipinski definition) is 4. The number of ether oxygens (including phenoxy) is 2. The molecule has 14 nitrogen and oxygen atoms in total. The molecular formula is C58H83N5O9. The Morgan fingerprint density at radius 3 is 2.50 bits per heavy atom. The number of esters is 1. The Labute approximate surface area is 429 Å². The maximum absolute atomic E-state index is 13.1. The second kappa shape index (κ2) is 32.6. The van der Waals surface area contributed by atoms with Gasteiger partial charge in [0.1, 0.15) is 17.1 Å². The molecule has 0 bridgehead atoms. The summed E-state index contributed by atoms with van der Waals surface area (Å²) in [5.41, 5.74) is 6.69. The molecule has 5 rings (SSSR count). The third kappa shape index (κ3) is 17.4. The van der Waals surface area contributed by atoms with Crippen LogP contribution in [0.1, 0.15) is 120 Å². The number of nitrogens with one attached hydrogen (secondary N) is 1. The van der Waals surface area contributed by atoms with Crippen LogP contribution in [0.25, 0.3) is 0 Å². The highest BCUT2D eigenvalue weighted by molar-refractivity contribution is 6.00. The van der Waals surface area contributed by atoms with E-state index >= 15 is 0 Å². The second-order valence-corrected chi connectivity index (χ2v) is 17.5. The normalized spacial score (nSPS) is 20.8. The van der Waals surface area contributed by atoms with Crippen LogP contribution in [0.5, 0.6) is 11.5 Å². The Morgan fingerprint density at radius 2 is 1.79 bits per heavy atom. The van der Waals surface area contributed by atoms with Gasteiger partial charge in [0.15, 0.2) is 6.61 Å². The summed E-state index contributed by atoms with van der Waals surface area (Å²) >= 11 is 0. The molecule has 394 valence electrons. The van der Waals surface area contributed by atoms with E-state index < -0.39 is 11.7 Å². The van der Waals surface area contributed by atoms with Gasteiger partial charge in [0.25, 0.3) is 5.91 Å². The summed E-state index contributed by atoms with van der Waals surface area (Å²) in [6.07, 6.45) is 23.0. The van der Waals surface area contributed by atoms with Crippen LogP contribution in [0.3, 0.4) is 0 Å². The third-order valence-electron chi connectivity index (χ3n) is 12.8. The van der Waals surface area contributed by atoms with Gasteiger partial charge in [0.05, 0.1) is 24.5 Å². The summed E-state index contributed by atoms with van der Waals surface area (Å²) in [6, 6.07) is 11.3. The van der Waals surface area contributed by atoms with E-state index in [4.69, 9.17) is 19.4 Å². The first-order valence-corrected chi connectivity index (χ1v) is 25.7. The van der Waals surface area contributed by atoms with Crippen molar-refractivity contribution in [3.63, 3.8) is 0 Å². The molecule has 0 saturated carbocycles. The largest absolute Gasteiger partial charge is 0.508 e. The number of oxime groups is 1. The number of nitrogens with zero attached hydrogens (tertiary/aromatic N) is 4. The van der Waals surface area contributed by atoms with Crippen LogP contribution in [-0.4, -0.2) is 121 Å². The van der Waals surface area contributed by atoms with Crippen molar-refractivity contribution in [2.75, 3.05) is 65.1 Å². The molecule has 3 heterocycles. The van der Waals surface area contributed by atoms with Gasteiger partial charge in [0, 0.05) is 94.8 Å². The van der Waals surface area contributed by atoms with E-state index in [9.17, 15) is 24.6 Å². The van der Waals surface area contributed by atoms with Crippen molar-refractivity contribution in [2.24, 2.45) is 11.1 Å². The number of aliphatic hydroxyl groups excluding tert-OH is 1. The maximum Gasteiger partial charge on any atom is 0.342 e. The van der Waals surface area contributed by atoms with Crippen LogP contribution >= 0.6 is 0 Å². The lowest BCUT2D eigenvalue weighted by atomic mass is 9.95. The zero-order valence-corrected chi connectivity index (χ0v) is 44.3. The van der Waals surface area contributed by atoms with Gasteiger partial charge in [-0.15, -0.1) is 0 Å². The van der Waals surface area contributed by atoms with E-state index in [-0.39, 0.29) is 66.4 Å². The average molecular weight is 994 g/mol. The second-order valence-electron chi connectivity index (χ2n) is 17.5. The standard InChI is InChI=1S/C55H73N5O8.C2H6.CH4O/c1-8-12-31-59(11-4)53(64)38-68-57-42-22-19-24-44(23-16-18-33-67-55(65)54-41(35-42)36-43(61)37-51(54)62)66-34-21-30-56-52(63)29-15-17-32-60-49(40(6)46-25-13-14-26-50(46)60)28-20-27-48-39(5)45(9-2)47(10-3)58(48)7;2*1-2/h9-10,13-14,16,19-20,22-23,25-28,36-37,39-40,44,48,61-62H,2-3,8,11-12,15,17-18,21,24,29-35,38H2,1,4-7H3,(H,56,63);1-2H3;2H,1H3/b22-19+,23-16+,27-20+,49-28-,57-42+;;. The van der Waals surface area contributed by atoms with Gasteiger partial charge in [0.2, 0.25) is 5.91 Å². The number of phenols is 2. The number of unbranched alkanes of at least 4 members (excludes halogenated alkanes) is 2. The highest BCUT2D eigenvalue weighted by atomic mass is 16.6. The molecule has 0 saturated heterocycles. The molecule has 0 spiro atoms. The van der Waals surface area contributed by atoms with Gasteiger partial charge in [-0.05, 0) is 92.5 Å². The van der Waals surface area contributed by atoms with Crippen LogP contribution in [0.2, 0.25) is 0 Å². The Kier molecular flexibility index (Phi) is 27.1. The number of cyclic esters (lactones) is 1. The average Bonchev–Trinajstić information content (AvgIpc) is 3.78. The van der Waals surface area contributed by atoms with Crippen molar-refractivity contribution in [1.29, 1.82) is 0 Å². The molecule has 0 aromatic heterocycles. The molecule has 14 heteroatoms. The lowest BCUT2D eigenvalue weighted by Gasteiger charge is -2.24. The van der Waals surface area contributed by atoms with E-state index in [1.807, 2.05) is 51.2 Å². The highest BCUT2D eigenvalue weighted by Gasteiger charge is 2.32. The van der Waals surface area contributed by atoms with E-state index in [2.05, 4.69) is 104 Å². The zero-order valence-electron chi connectivity index (χ0n) is 44.3. The summed E-state index contributed by atoms with van der Waals surface area (Å²) in [6.45, 7) is 23.2. The minimum atomic E-state index is -0.740. The van der Waals surface area contributed by atoms with Crippen molar-refractivity contribution < 1.29 is 44.0 Å². The summed E-state index contributed by atoms with van der Waals surface area (Å²) < 4.78 is 11.7. The van der Waals surface area contributed by atoms with Gasteiger partial charge in [-0.3, -0.25) is 9.59 Å². The smallest absolute Gasteiger partial charge is 0.342 e. The van der Waals surface area contributed by atoms with Crippen LogP contribution in [0.15, 0.2) is 126 Å². The Hall–Kier alpha value is -6.38. The van der Waals surface area contributed by atoms with Gasteiger partial charge in [-0.2, -0.15) is 0 Å². The molecule has 4 N–H and O–H groups in total. The number of allylic oxidation sites excluding steroid dienone is 6. The number of para-hydroxylation sites is 1. The van der Waals surface area contributed by atoms with E-state index in [1.54, 1.807) is 11.0 Å². The van der Waals surface area contributed by atoms with Crippen LogP contribution in [0, 0.1) is 5.92 Å². The minimum absolute atomic E-state index is 0.00212. The molecule has 4 atom stereocenters. The Balaban J connectivity index is 0.00000334. The molecule has 3 aliphatic rings. The van der Waals surface area contributed by atoms with Crippen molar-refractivity contribution in [2.45, 2.75) is 117 Å². The molecule has 0 radical (unpaired) electrons. The van der Waals surface area contributed by atoms with E-state index in [0.717, 1.165) is 51.1 Å². The first-order chi connectivity index (χ1) is 34.9. The number of aliphatic hydroxyl groups is 1.